The van der Waals surface area contributed by atoms with Gasteiger partial charge in [0.2, 0.25) is 0 Å². The van der Waals surface area contributed by atoms with Crippen molar-refractivity contribution in [1.29, 1.82) is 0 Å². The smallest absolute Gasteiger partial charge is 0.164 e. The highest BCUT2D eigenvalue weighted by atomic mass is 35.5. The molecule has 90 valence electrons. The average Bonchev–Trinajstić information content (AvgIpc) is 2.30. The van der Waals surface area contributed by atoms with E-state index in [1.54, 1.807) is 26.4 Å². The van der Waals surface area contributed by atoms with E-state index in [0.717, 1.165) is 6.42 Å². The van der Waals surface area contributed by atoms with E-state index >= 15 is 0 Å². The lowest BCUT2D eigenvalue weighted by molar-refractivity contribution is 0.289. The summed E-state index contributed by atoms with van der Waals surface area (Å²) in [5.74, 6) is 1.75. The summed E-state index contributed by atoms with van der Waals surface area (Å²) in [6, 6.07) is 3.37. The van der Waals surface area contributed by atoms with Crippen molar-refractivity contribution in [2.75, 3.05) is 27.4 Å². The Balaban J connectivity index is 2.86. The van der Waals surface area contributed by atoms with Gasteiger partial charge >= 0.3 is 0 Å². The summed E-state index contributed by atoms with van der Waals surface area (Å²) in [6.07, 6.45) is 0.786. The number of benzene rings is 1. The molecule has 0 radical (unpaired) electrons. The van der Waals surface area contributed by atoms with Gasteiger partial charge in [0.05, 0.1) is 25.8 Å². The minimum absolute atomic E-state index is 0.491. The molecule has 1 aromatic carbocycles. The molecule has 0 aromatic heterocycles. The summed E-state index contributed by atoms with van der Waals surface area (Å²) in [7, 11) is 3.12. The van der Waals surface area contributed by atoms with Crippen LogP contribution in [0.5, 0.6) is 17.2 Å². The fourth-order valence-electron chi connectivity index (χ4n) is 1.21. The number of hydrogen-bond acceptors (Lipinski definition) is 4. The number of methoxy groups -OCH3 is 2. The molecule has 0 aliphatic carbocycles. The molecule has 4 nitrogen and oxygen atoms in total. The largest absolute Gasteiger partial charge is 0.495 e. The molecule has 0 amide bonds. The van der Waals surface area contributed by atoms with Crippen LogP contribution in [-0.4, -0.2) is 27.4 Å². The minimum atomic E-state index is 0.491. The van der Waals surface area contributed by atoms with Gasteiger partial charge in [-0.3, -0.25) is 0 Å². The first-order valence-corrected chi connectivity index (χ1v) is 5.35. The van der Waals surface area contributed by atoms with Crippen LogP contribution in [0.25, 0.3) is 0 Å². The number of ether oxygens (including phenoxy) is 3. The van der Waals surface area contributed by atoms with Crippen LogP contribution in [0, 0.1) is 0 Å². The first-order valence-electron chi connectivity index (χ1n) is 4.97. The summed E-state index contributed by atoms with van der Waals surface area (Å²) >= 11 is 5.96. The third-order valence-corrected chi connectivity index (χ3v) is 2.34. The zero-order valence-corrected chi connectivity index (χ0v) is 10.2. The molecule has 0 unspecified atom stereocenters. The molecule has 1 aromatic rings. The zero-order chi connectivity index (χ0) is 12.0. The maximum absolute atomic E-state index is 5.96. The zero-order valence-electron chi connectivity index (χ0n) is 9.46. The third kappa shape index (κ3) is 3.18. The predicted molar refractivity (Wildman–Crippen MR) is 63.7 cm³/mol. The number of nitrogens with two attached hydrogens (primary N) is 1. The Morgan fingerprint density at radius 3 is 2.38 bits per heavy atom. The second kappa shape index (κ2) is 6.45. The van der Waals surface area contributed by atoms with E-state index in [1.165, 1.54) is 0 Å². The van der Waals surface area contributed by atoms with E-state index in [1.807, 2.05) is 0 Å². The SMILES string of the molecule is COc1cc(OCCCN)c(OC)cc1Cl. The van der Waals surface area contributed by atoms with E-state index in [0.29, 0.717) is 35.4 Å². The topological polar surface area (TPSA) is 53.7 Å². The van der Waals surface area contributed by atoms with E-state index in [4.69, 9.17) is 31.5 Å². The maximum atomic E-state index is 5.96. The summed E-state index contributed by atoms with van der Waals surface area (Å²) < 4.78 is 15.8. The van der Waals surface area contributed by atoms with Crippen molar-refractivity contribution in [1.82, 2.24) is 0 Å². The van der Waals surface area contributed by atoms with Crippen LogP contribution in [-0.2, 0) is 0 Å². The quantitative estimate of drug-likeness (QED) is 0.780. The van der Waals surface area contributed by atoms with Gasteiger partial charge in [0.1, 0.15) is 5.75 Å². The second-order valence-electron chi connectivity index (χ2n) is 3.13. The molecule has 0 fully saturated rings. The van der Waals surface area contributed by atoms with Gasteiger partial charge in [-0.25, -0.2) is 0 Å². The molecule has 5 heteroatoms. The lowest BCUT2D eigenvalue weighted by Crippen LogP contribution is -2.06. The first-order chi connectivity index (χ1) is 7.72. The number of rotatable bonds is 6. The molecule has 2 N–H and O–H groups in total. The van der Waals surface area contributed by atoms with Gasteiger partial charge in [-0.2, -0.15) is 0 Å². The van der Waals surface area contributed by atoms with Crippen LogP contribution in [0.15, 0.2) is 12.1 Å². The van der Waals surface area contributed by atoms with Gasteiger partial charge in [0.25, 0.3) is 0 Å². The first kappa shape index (κ1) is 12.9. The highest BCUT2D eigenvalue weighted by molar-refractivity contribution is 6.32. The van der Waals surface area contributed by atoms with Gasteiger partial charge in [-0.05, 0) is 13.0 Å². The standard InChI is InChI=1S/C11H16ClNO3/c1-14-9-7-11(16-5-3-4-13)10(15-2)6-8(9)12/h6-7H,3-5,13H2,1-2H3. The van der Waals surface area contributed by atoms with Crippen LogP contribution in [0.1, 0.15) is 6.42 Å². The lowest BCUT2D eigenvalue weighted by atomic mass is 10.3. The Labute approximate surface area is 100 Å². The van der Waals surface area contributed by atoms with E-state index in [2.05, 4.69) is 0 Å². The van der Waals surface area contributed by atoms with Crippen molar-refractivity contribution >= 4 is 11.6 Å². The van der Waals surface area contributed by atoms with Crippen molar-refractivity contribution < 1.29 is 14.2 Å². The molecule has 1 rings (SSSR count). The minimum Gasteiger partial charge on any atom is -0.495 e. The van der Waals surface area contributed by atoms with Gasteiger partial charge in [0.15, 0.2) is 11.5 Å². The van der Waals surface area contributed by atoms with Gasteiger partial charge in [-0.15, -0.1) is 0 Å². The molecule has 16 heavy (non-hydrogen) atoms. The molecular formula is C11H16ClNO3. The highest BCUT2D eigenvalue weighted by Crippen LogP contribution is 2.37. The summed E-state index contributed by atoms with van der Waals surface area (Å²) in [4.78, 5) is 0. The molecule has 0 bridgehead atoms. The van der Waals surface area contributed by atoms with Crippen molar-refractivity contribution in [2.45, 2.75) is 6.42 Å². The van der Waals surface area contributed by atoms with Gasteiger partial charge in [-0.1, -0.05) is 11.6 Å². The van der Waals surface area contributed by atoms with E-state index < -0.39 is 0 Å². The van der Waals surface area contributed by atoms with E-state index in [-0.39, 0.29) is 0 Å². The average molecular weight is 246 g/mol. The van der Waals surface area contributed by atoms with Gasteiger partial charge < -0.3 is 19.9 Å². The third-order valence-electron chi connectivity index (χ3n) is 2.04. The molecular weight excluding hydrogens is 230 g/mol. The molecule has 0 heterocycles. The van der Waals surface area contributed by atoms with Crippen molar-refractivity contribution in [3.63, 3.8) is 0 Å². The number of hydrogen-bond donors (Lipinski definition) is 1. The molecule has 0 saturated carbocycles. The molecule has 0 saturated heterocycles. The Kier molecular flexibility index (Phi) is 5.22. The van der Waals surface area contributed by atoms with Crippen LogP contribution >= 0.6 is 11.6 Å². The van der Waals surface area contributed by atoms with E-state index in [9.17, 15) is 0 Å². The molecule has 0 aliphatic rings. The Morgan fingerprint density at radius 1 is 1.12 bits per heavy atom. The highest BCUT2D eigenvalue weighted by Gasteiger charge is 2.10. The van der Waals surface area contributed by atoms with Crippen LogP contribution in [0.4, 0.5) is 0 Å². The monoisotopic (exact) mass is 245 g/mol. The predicted octanol–water partition coefficient (Wildman–Crippen LogP) is 2.08. The fourth-order valence-corrected chi connectivity index (χ4v) is 1.44. The van der Waals surface area contributed by atoms with Crippen LogP contribution < -0.4 is 19.9 Å². The summed E-state index contributed by atoms with van der Waals surface area (Å²) in [6.45, 7) is 1.13. The van der Waals surface area contributed by atoms with Crippen LogP contribution in [0.2, 0.25) is 5.02 Å². The van der Waals surface area contributed by atoms with Crippen molar-refractivity contribution in [2.24, 2.45) is 5.73 Å². The normalized spacial score (nSPS) is 10.0. The fraction of sp³-hybridized carbons (Fsp3) is 0.455. The lowest BCUT2D eigenvalue weighted by Gasteiger charge is -2.12. The Bertz CT molecular complexity index is 344. The molecule has 0 aliphatic heterocycles. The summed E-state index contributed by atoms with van der Waals surface area (Å²) in [5, 5.41) is 0.491. The Hall–Kier alpha value is -1.13. The second-order valence-corrected chi connectivity index (χ2v) is 3.54. The number of halogens is 1. The van der Waals surface area contributed by atoms with Crippen molar-refractivity contribution in [3.05, 3.63) is 17.2 Å². The Morgan fingerprint density at radius 2 is 1.81 bits per heavy atom. The van der Waals surface area contributed by atoms with Crippen LogP contribution in [0.3, 0.4) is 0 Å². The molecule has 0 spiro atoms. The van der Waals surface area contributed by atoms with Crippen molar-refractivity contribution in [3.8, 4) is 17.2 Å². The summed E-state index contributed by atoms with van der Waals surface area (Å²) in [5.41, 5.74) is 5.39. The molecule has 0 atom stereocenters. The maximum Gasteiger partial charge on any atom is 0.164 e. The van der Waals surface area contributed by atoms with Gasteiger partial charge in [0, 0.05) is 12.1 Å².